The molecular formula is C13H27NO2. The fraction of sp³-hybridized carbons (Fsp3) is 1.00. The standard InChI is InChI=1S/C13H27NO2/c1-3-4-6-11-7-5-8-13(11)14-9-12(15)10-16-2/h11-15H,3-10H2,1-2H3. The van der Waals surface area contributed by atoms with Crippen LogP contribution in [0.3, 0.4) is 0 Å². The number of aliphatic hydroxyl groups is 1. The molecule has 1 fully saturated rings. The van der Waals surface area contributed by atoms with Crippen LogP contribution in [-0.2, 0) is 4.74 Å². The second-order valence-corrected chi connectivity index (χ2v) is 4.96. The number of unbranched alkanes of at least 4 members (excludes halogenated alkanes) is 1. The summed E-state index contributed by atoms with van der Waals surface area (Å²) in [6.07, 6.45) is 7.57. The van der Waals surface area contributed by atoms with Gasteiger partial charge in [-0.2, -0.15) is 0 Å². The molecule has 0 spiro atoms. The molecule has 0 saturated heterocycles. The third kappa shape index (κ3) is 4.81. The van der Waals surface area contributed by atoms with E-state index in [1.165, 1.54) is 38.5 Å². The summed E-state index contributed by atoms with van der Waals surface area (Å²) in [5.41, 5.74) is 0. The average molecular weight is 229 g/mol. The maximum absolute atomic E-state index is 9.58. The molecule has 0 aromatic heterocycles. The lowest BCUT2D eigenvalue weighted by atomic mass is 9.97. The molecular weight excluding hydrogens is 202 g/mol. The summed E-state index contributed by atoms with van der Waals surface area (Å²) in [7, 11) is 1.63. The summed E-state index contributed by atoms with van der Waals surface area (Å²) in [6.45, 7) is 3.35. The van der Waals surface area contributed by atoms with Gasteiger partial charge in [-0.05, 0) is 25.2 Å². The van der Waals surface area contributed by atoms with Gasteiger partial charge in [0, 0.05) is 19.7 Å². The molecule has 1 rings (SSSR count). The molecule has 0 aliphatic heterocycles. The Morgan fingerprint density at radius 1 is 1.44 bits per heavy atom. The summed E-state index contributed by atoms with van der Waals surface area (Å²) in [4.78, 5) is 0. The Morgan fingerprint density at radius 3 is 2.94 bits per heavy atom. The number of hydrogen-bond acceptors (Lipinski definition) is 3. The van der Waals surface area contributed by atoms with Crippen LogP contribution >= 0.6 is 0 Å². The zero-order chi connectivity index (χ0) is 11.8. The first-order valence-corrected chi connectivity index (χ1v) is 6.68. The van der Waals surface area contributed by atoms with Crippen molar-refractivity contribution >= 4 is 0 Å². The normalized spacial score (nSPS) is 27.2. The van der Waals surface area contributed by atoms with Gasteiger partial charge in [-0.25, -0.2) is 0 Å². The zero-order valence-corrected chi connectivity index (χ0v) is 10.7. The Bertz CT molecular complexity index is 175. The first-order chi connectivity index (χ1) is 7.77. The van der Waals surface area contributed by atoms with Crippen LogP contribution in [0, 0.1) is 5.92 Å². The molecule has 1 aliphatic rings. The van der Waals surface area contributed by atoms with Crippen LogP contribution in [0.15, 0.2) is 0 Å². The molecule has 3 heteroatoms. The Kier molecular flexibility index (Phi) is 7.01. The first-order valence-electron chi connectivity index (χ1n) is 6.68. The highest BCUT2D eigenvalue weighted by Gasteiger charge is 2.26. The van der Waals surface area contributed by atoms with E-state index in [2.05, 4.69) is 12.2 Å². The molecule has 0 bridgehead atoms. The highest BCUT2D eigenvalue weighted by molar-refractivity contribution is 4.83. The summed E-state index contributed by atoms with van der Waals surface area (Å²) in [5.74, 6) is 0.828. The van der Waals surface area contributed by atoms with Gasteiger partial charge in [0.15, 0.2) is 0 Å². The lowest BCUT2D eigenvalue weighted by Gasteiger charge is -2.22. The maximum atomic E-state index is 9.58. The van der Waals surface area contributed by atoms with E-state index in [9.17, 15) is 5.11 Å². The summed E-state index contributed by atoms with van der Waals surface area (Å²) in [5, 5.41) is 13.1. The zero-order valence-electron chi connectivity index (χ0n) is 10.7. The minimum Gasteiger partial charge on any atom is -0.389 e. The molecule has 2 N–H and O–H groups in total. The van der Waals surface area contributed by atoms with E-state index in [0.29, 0.717) is 19.2 Å². The molecule has 0 aromatic carbocycles. The number of methoxy groups -OCH3 is 1. The van der Waals surface area contributed by atoms with Crippen molar-refractivity contribution in [1.82, 2.24) is 5.32 Å². The molecule has 0 aromatic rings. The molecule has 3 atom stereocenters. The number of nitrogens with one attached hydrogen (secondary N) is 1. The van der Waals surface area contributed by atoms with Crippen molar-refractivity contribution in [1.29, 1.82) is 0 Å². The molecule has 0 heterocycles. The molecule has 0 amide bonds. The van der Waals surface area contributed by atoms with Crippen molar-refractivity contribution in [2.45, 2.75) is 57.6 Å². The third-order valence-electron chi connectivity index (χ3n) is 3.56. The highest BCUT2D eigenvalue weighted by Crippen LogP contribution is 2.29. The van der Waals surface area contributed by atoms with Crippen molar-refractivity contribution in [3.63, 3.8) is 0 Å². The first kappa shape index (κ1) is 13.9. The SMILES string of the molecule is CCCCC1CCCC1NCC(O)COC. The van der Waals surface area contributed by atoms with Gasteiger partial charge in [0.1, 0.15) is 0 Å². The van der Waals surface area contributed by atoms with E-state index in [1.807, 2.05) is 0 Å². The van der Waals surface area contributed by atoms with Gasteiger partial charge in [0.25, 0.3) is 0 Å². The molecule has 96 valence electrons. The molecule has 3 nitrogen and oxygen atoms in total. The van der Waals surface area contributed by atoms with Crippen LogP contribution in [0.5, 0.6) is 0 Å². The molecule has 1 aliphatic carbocycles. The fourth-order valence-corrected chi connectivity index (χ4v) is 2.66. The van der Waals surface area contributed by atoms with E-state index >= 15 is 0 Å². The van der Waals surface area contributed by atoms with E-state index in [1.54, 1.807) is 7.11 Å². The van der Waals surface area contributed by atoms with Gasteiger partial charge < -0.3 is 15.2 Å². The second kappa shape index (κ2) is 8.04. The van der Waals surface area contributed by atoms with Crippen LogP contribution in [0.25, 0.3) is 0 Å². The van der Waals surface area contributed by atoms with E-state index in [4.69, 9.17) is 4.74 Å². The topological polar surface area (TPSA) is 41.5 Å². The van der Waals surface area contributed by atoms with Crippen LogP contribution in [-0.4, -0.2) is 37.5 Å². The van der Waals surface area contributed by atoms with Crippen molar-refractivity contribution in [2.75, 3.05) is 20.3 Å². The van der Waals surface area contributed by atoms with Gasteiger partial charge in [0.2, 0.25) is 0 Å². The second-order valence-electron chi connectivity index (χ2n) is 4.96. The van der Waals surface area contributed by atoms with Gasteiger partial charge in [-0.3, -0.25) is 0 Å². The highest BCUT2D eigenvalue weighted by atomic mass is 16.5. The van der Waals surface area contributed by atoms with E-state index in [-0.39, 0.29) is 6.10 Å². The monoisotopic (exact) mass is 229 g/mol. The third-order valence-corrected chi connectivity index (χ3v) is 3.56. The number of rotatable bonds is 8. The molecule has 16 heavy (non-hydrogen) atoms. The van der Waals surface area contributed by atoms with Gasteiger partial charge >= 0.3 is 0 Å². The summed E-state index contributed by atoms with van der Waals surface area (Å²) >= 11 is 0. The fourth-order valence-electron chi connectivity index (χ4n) is 2.66. The number of ether oxygens (including phenoxy) is 1. The molecule has 0 radical (unpaired) electrons. The average Bonchev–Trinajstić information content (AvgIpc) is 2.71. The Labute approximate surface area is 99.6 Å². The number of hydrogen-bond donors (Lipinski definition) is 2. The summed E-state index contributed by atoms with van der Waals surface area (Å²) in [6, 6.07) is 0.623. The minimum atomic E-state index is -0.363. The van der Waals surface area contributed by atoms with Crippen LogP contribution in [0.1, 0.15) is 45.4 Å². The van der Waals surface area contributed by atoms with Crippen molar-refractivity contribution in [2.24, 2.45) is 5.92 Å². The summed E-state index contributed by atoms with van der Waals surface area (Å²) < 4.78 is 4.92. The Morgan fingerprint density at radius 2 is 2.25 bits per heavy atom. The quantitative estimate of drug-likeness (QED) is 0.668. The van der Waals surface area contributed by atoms with Crippen molar-refractivity contribution in [3.05, 3.63) is 0 Å². The molecule has 1 saturated carbocycles. The van der Waals surface area contributed by atoms with Crippen molar-refractivity contribution < 1.29 is 9.84 Å². The van der Waals surface area contributed by atoms with Crippen molar-refractivity contribution in [3.8, 4) is 0 Å². The number of aliphatic hydroxyl groups excluding tert-OH is 1. The van der Waals surface area contributed by atoms with Gasteiger partial charge in [-0.15, -0.1) is 0 Å². The maximum Gasteiger partial charge on any atom is 0.0897 e. The van der Waals surface area contributed by atoms with Gasteiger partial charge in [0.05, 0.1) is 12.7 Å². The van der Waals surface area contributed by atoms with E-state index < -0.39 is 0 Å². The lowest BCUT2D eigenvalue weighted by molar-refractivity contribution is 0.0616. The van der Waals surface area contributed by atoms with Crippen LogP contribution < -0.4 is 5.32 Å². The Hall–Kier alpha value is -0.120. The predicted octanol–water partition coefficient (Wildman–Crippen LogP) is 1.94. The Balaban J connectivity index is 2.18. The smallest absolute Gasteiger partial charge is 0.0897 e. The predicted molar refractivity (Wildman–Crippen MR) is 66.5 cm³/mol. The van der Waals surface area contributed by atoms with E-state index in [0.717, 1.165) is 5.92 Å². The van der Waals surface area contributed by atoms with Gasteiger partial charge in [-0.1, -0.05) is 26.2 Å². The largest absolute Gasteiger partial charge is 0.389 e. The van der Waals surface area contributed by atoms with Crippen LogP contribution in [0.2, 0.25) is 0 Å². The van der Waals surface area contributed by atoms with Crippen LogP contribution in [0.4, 0.5) is 0 Å². The minimum absolute atomic E-state index is 0.363. The molecule has 3 unspecified atom stereocenters. The lowest BCUT2D eigenvalue weighted by Crippen LogP contribution is -2.39.